The van der Waals surface area contributed by atoms with Crippen LogP contribution in [0.4, 0.5) is 0 Å². The number of ether oxygens (including phenoxy) is 2. The average Bonchev–Trinajstić information content (AvgIpc) is 3.14. The number of thiazole rings is 1. The maximum Gasteiger partial charge on any atom is 0.308 e. The normalized spacial score (nSPS) is 11.6. The van der Waals surface area contributed by atoms with Crippen molar-refractivity contribution >= 4 is 43.2 Å². The van der Waals surface area contributed by atoms with Crippen LogP contribution in [0.5, 0.6) is 11.5 Å². The van der Waals surface area contributed by atoms with Crippen LogP contribution in [0.3, 0.4) is 0 Å². The molecule has 0 radical (unpaired) electrons. The van der Waals surface area contributed by atoms with Gasteiger partial charge in [-0.25, -0.2) is 13.1 Å². The van der Waals surface area contributed by atoms with Crippen LogP contribution in [0.25, 0.3) is 10.2 Å². The van der Waals surface area contributed by atoms with Crippen LogP contribution in [0.1, 0.15) is 18.1 Å². The molecule has 10 heteroatoms. The van der Waals surface area contributed by atoms with Gasteiger partial charge in [-0.2, -0.15) is 0 Å². The van der Waals surface area contributed by atoms with Gasteiger partial charge in [-0.15, -0.1) is 0 Å². The molecule has 34 heavy (non-hydrogen) atoms. The topological polar surface area (TPSA) is 86.6 Å². The lowest BCUT2D eigenvalue weighted by molar-refractivity contribution is 0.310. The van der Waals surface area contributed by atoms with E-state index in [-0.39, 0.29) is 16.3 Å². The Balaban J connectivity index is 1.57. The summed E-state index contributed by atoms with van der Waals surface area (Å²) in [6.45, 7) is 2.71. The summed E-state index contributed by atoms with van der Waals surface area (Å²) in [6, 6.07) is 17.2. The van der Waals surface area contributed by atoms with Gasteiger partial charge < -0.3 is 9.47 Å². The fraction of sp³-hybridized carbons (Fsp3) is 0.208. The van der Waals surface area contributed by atoms with Gasteiger partial charge in [-0.1, -0.05) is 47.2 Å². The van der Waals surface area contributed by atoms with Gasteiger partial charge in [0.15, 0.2) is 11.5 Å². The molecule has 178 valence electrons. The Kier molecular flexibility index (Phi) is 7.27. The molecule has 0 aliphatic rings. The summed E-state index contributed by atoms with van der Waals surface area (Å²) in [4.78, 5) is 12.5. The second-order valence-corrected chi connectivity index (χ2v) is 10.6. The molecule has 1 N–H and O–H groups in total. The minimum atomic E-state index is -3.81. The Morgan fingerprint density at radius 1 is 1.06 bits per heavy atom. The van der Waals surface area contributed by atoms with Crippen molar-refractivity contribution in [3.63, 3.8) is 0 Å². The molecule has 0 amide bonds. The van der Waals surface area contributed by atoms with E-state index in [0.29, 0.717) is 39.9 Å². The fourth-order valence-corrected chi connectivity index (χ4v) is 5.77. The Morgan fingerprint density at radius 2 is 1.85 bits per heavy atom. The third-order valence-corrected chi connectivity index (χ3v) is 7.94. The molecule has 0 bridgehead atoms. The maximum absolute atomic E-state index is 12.9. The summed E-state index contributed by atoms with van der Waals surface area (Å²) < 4.78 is 41.5. The Hall–Kier alpha value is -2.85. The SMILES string of the molecule is CCOc1cc(CNS(=O)(=O)c2ccc3c(c2)sc(=O)n3Cc2ccccc2Cl)ccc1OC. The number of fused-ring (bicyclic) bond motifs is 1. The van der Waals surface area contributed by atoms with E-state index in [4.69, 9.17) is 21.1 Å². The lowest BCUT2D eigenvalue weighted by Crippen LogP contribution is -2.23. The number of hydrogen-bond acceptors (Lipinski definition) is 6. The molecule has 0 aliphatic heterocycles. The molecule has 0 unspecified atom stereocenters. The van der Waals surface area contributed by atoms with Crippen LogP contribution in [-0.2, 0) is 23.1 Å². The van der Waals surface area contributed by atoms with E-state index in [1.54, 1.807) is 42.0 Å². The van der Waals surface area contributed by atoms with Crippen molar-refractivity contribution in [2.75, 3.05) is 13.7 Å². The summed E-state index contributed by atoms with van der Waals surface area (Å²) in [7, 11) is -2.26. The van der Waals surface area contributed by atoms with Crippen LogP contribution in [0, 0.1) is 0 Å². The summed E-state index contributed by atoms with van der Waals surface area (Å²) in [5, 5.41) is 0.572. The maximum atomic E-state index is 12.9. The van der Waals surface area contributed by atoms with Crippen LogP contribution >= 0.6 is 22.9 Å². The number of nitrogens with zero attached hydrogens (tertiary/aromatic N) is 1. The number of rotatable bonds is 9. The van der Waals surface area contributed by atoms with E-state index in [0.717, 1.165) is 22.5 Å². The highest BCUT2D eigenvalue weighted by Crippen LogP contribution is 2.28. The minimum absolute atomic E-state index is 0.0776. The average molecular weight is 519 g/mol. The molecule has 0 fully saturated rings. The number of benzene rings is 3. The molecule has 1 aromatic heterocycles. The van der Waals surface area contributed by atoms with E-state index in [1.807, 2.05) is 25.1 Å². The summed E-state index contributed by atoms with van der Waals surface area (Å²) in [5.74, 6) is 1.13. The molecular weight excluding hydrogens is 496 g/mol. The second-order valence-electron chi connectivity index (χ2n) is 7.42. The van der Waals surface area contributed by atoms with E-state index in [1.165, 1.54) is 12.1 Å². The van der Waals surface area contributed by atoms with E-state index in [9.17, 15) is 13.2 Å². The van der Waals surface area contributed by atoms with E-state index >= 15 is 0 Å². The van der Waals surface area contributed by atoms with Crippen molar-refractivity contribution in [1.82, 2.24) is 9.29 Å². The zero-order valence-electron chi connectivity index (χ0n) is 18.6. The van der Waals surface area contributed by atoms with Crippen LogP contribution in [0.15, 0.2) is 70.4 Å². The molecule has 0 aliphatic carbocycles. The van der Waals surface area contributed by atoms with E-state index in [2.05, 4.69) is 4.72 Å². The smallest absolute Gasteiger partial charge is 0.308 e. The first-order valence-corrected chi connectivity index (χ1v) is 13.2. The molecule has 0 saturated carbocycles. The summed E-state index contributed by atoms with van der Waals surface area (Å²) >= 11 is 7.25. The number of methoxy groups -OCH3 is 1. The monoisotopic (exact) mass is 518 g/mol. The molecule has 3 aromatic carbocycles. The van der Waals surface area contributed by atoms with Crippen molar-refractivity contribution in [3.05, 3.63) is 86.5 Å². The second kappa shape index (κ2) is 10.2. The summed E-state index contributed by atoms with van der Waals surface area (Å²) in [5.41, 5.74) is 2.20. The number of halogens is 1. The molecule has 4 rings (SSSR count). The van der Waals surface area contributed by atoms with Crippen molar-refractivity contribution in [2.24, 2.45) is 0 Å². The van der Waals surface area contributed by atoms with Gasteiger partial charge >= 0.3 is 4.87 Å². The van der Waals surface area contributed by atoms with Gasteiger partial charge in [0.2, 0.25) is 10.0 Å². The standard InChI is InChI=1S/C24H23ClN2O5S2/c1-3-32-22-12-16(8-11-21(22)31-2)14-26-34(29,30)18-9-10-20-23(13-18)33-24(28)27(20)15-17-6-4-5-7-19(17)25/h4-13,26H,3,14-15H2,1-2H3. The highest BCUT2D eigenvalue weighted by atomic mass is 35.5. The Bertz CT molecular complexity index is 1500. The van der Waals surface area contributed by atoms with Crippen LogP contribution in [0.2, 0.25) is 5.02 Å². The van der Waals surface area contributed by atoms with E-state index < -0.39 is 10.0 Å². The fourth-order valence-electron chi connectivity index (χ4n) is 3.52. The largest absolute Gasteiger partial charge is 0.493 e. The molecular formula is C24H23ClN2O5S2. The third kappa shape index (κ3) is 5.12. The highest BCUT2D eigenvalue weighted by molar-refractivity contribution is 7.89. The zero-order chi connectivity index (χ0) is 24.3. The van der Waals surface area contributed by atoms with Gasteiger partial charge in [0.1, 0.15) is 0 Å². The van der Waals surface area contributed by atoms with Gasteiger partial charge in [0.25, 0.3) is 0 Å². The van der Waals surface area contributed by atoms with Gasteiger partial charge in [-0.05, 0) is 54.4 Å². The first-order chi connectivity index (χ1) is 16.3. The van der Waals surface area contributed by atoms with Crippen molar-refractivity contribution in [3.8, 4) is 11.5 Å². The van der Waals surface area contributed by atoms with Crippen molar-refractivity contribution in [1.29, 1.82) is 0 Å². The first-order valence-electron chi connectivity index (χ1n) is 10.5. The zero-order valence-corrected chi connectivity index (χ0v) is 21.0. The van der Waals surface area contributed by atoms with Gasteiger partial charge in [-0.3, -0.25) is 9.36 Å². The third-order valence-electron chi connectivity index (χ3n) is 5.23. The Labute approximate surface area is 206 Å². The number of hydrogen-bond donors (Lipinski definition) is 1. The Morgan fingerprint density at radius 3 is 2.59 bits per heavy atom. The van der Waals surface area contributed by atoms with Crippen molar-refractivity contribution < 1.29 is 17.9 Å². The molecule has 0 atom stereocenters. The molecule has 0 saturated heterocycles. The lowest BCUT2D eigenvalue weighted by Gasteiger charge is -2.12. The predicted octanol–water partition coefficient (Wildman–Crippen LogP) is 4.65. The van der Waals surface area contributed by atoms with Crippen LogP contribution < -0.4 is 19.1 Å². The van der Waals surface area contributed by atoms with Crippen LogP contribution in [-0.4, -0.2) is 26.7 Å². The quantitative estimate of drug-likeness (QED) is 0.348. The molecule has 0 spiro atoms. The number of sulfonamides is 1. The lowest BCUT2D eigenvalue weighted by atomic mass is 10.2. The van der Waals surface area contributed by atoms with Crippen molar-refractivity contribution in [2.45, 2.75) is 24.9 Å². The highest BCUT2D eigenvalue weighted by Gasteiger charge is 2.18. The molecule has 7 nitrogen and oxygen atoms in total. The number of aromatic nitrogens is 1. The minimum Gasteiger partial charge on any atom is -0.493 e. The predicted molar refractivity (Wildman–Crippen MR) is 135 cm³/mol. The summed E-state index contributed by atoms with van der Waals surface area (Å²) in [6.07, 6.45) is 0. The number of nitrogens with one attached hydrogen (secondary N) is 1. The molecule has 4 aromatic rings. The van der Waals surface area contributed by atoms with Gasteiger partial charge in [0.05, 0.1) is 35.4 Å². The first kappa shape index (κ1) is 24.3. The molecule has 1 heterocycles. The van der Waals surface area contributed by atoms with Gasteiger partial charge in [0, 0.05) is 11.6 Å².